The topological polar surface area (TPSA) is 58.6 Å². The van der Waals surface area contributed by atoms with Crippen LogP contribution in [0, 0.1) is 5.41 Å². The summed E-state index contributed by atoms with van der Waals surface area (Å²) in [4.78, 5) is 12.1. The zero-order valence-corrected chi connectivity index (χ0v) is 13.6. The van der Waals surface area contributed by atoms with Crippen molar-refractivity contribution in [1.29, 1.82) is 0 Å². The van der Waals surface area contributed by atoms with E-state index in [4.69, 9.17) is 16.3 Å². The van der Waals surface area contributed by atoms with Gasteiger partial charge < -0.3 is 15.2 Å². The van der Waals surface area contributed by atoms with Crippen molar-refractivity contribution in [2.24, 2.45) is 5.41 Å². The molecule has 1 unspecified atom stereocenters. The predicted octanol–water partition coefficient (Wildman–Crippen LogP) is 3.02. The van der Waals surface area contributed by atoms with Gasteiger partial charge in [-0.25, -0.2) is 0 Å². The standard InChI is InChI=1S/C16H24ClNO3/c1-4-16(5-2,11-19)10-18-15(20)12(3)21-14-8-6-13(17)7-9-14/h6-9,12,19H,4-5,10-11H2,1-3H3,(H,18,20). The summed E-state index contributed by atoms with van der Waals surface area (Å²) in [7, 11) is 0. The van der Waals surface area contributed by atoms with E-state index in [0.717, 1.165) is 12.8 Å². The lowest BCUT2D eigenvalue weighted by atomic mass is 9.83. The Bertz CT molecular complexity index is 435. The van der Waals surface area contributed by atoms with Gasteiger partial charge in [0.05, 0.1) is 6.61 Å². The van der Waals surface area contributed by atoms with Crippen LogP contribution in [0.3, 0.4) is 0 Å². The first-order chi connectivity index (χ1) is 9.96. The minimum atomic E-state index is -0.601. The van der Waals surface area contributed by atoms with Gasteiger partial charge in [0.25, 0.3) is 5.91 Å². The van der Waals surface area contributed by atoms with Crippen LogP contribution in [0.15, 0.2) is 24.3 Å². The number of hydrogen-bond donors (Lipinski definition) is 2. The molecular formula is C16H24ClNO3. The highest BCUT2D eigenvalue weighted by atomic mass is 35.5. The molecule has 0 aliphatic heterocycles. The smallest absolute Gasteiger partial charge is 0.260 e. The number of carbonyl (C=O) groups is 1. The van der Waals surface area contributed by atoms with Crippen LogP contribution in [0.5, 0.6) is 5.75 Å². The van der Waals surface area contributed by atoms with Crippen molar-refractivity contribution >= 4 is 17.5 Å². The average Bonchev–Trinajstić information content (AvgIpc) is 2.51. The summed E-state index contributed by atoms with van der Waals surface area (Å²) in [6, 6.07) is 6.88. The van der Waals surface area contributed by atoms with Gasteiger partial charge in [-0.2, -0.15) is 0 Å². The van der Waals surface area contributed by atoms with Crippen molar-refractivity contribution in [3.8, 4) is 5.75 Å². The number of nitrogens with one attached hydrogen (secondary N) is 1. The molecule has 5 heteroatoms. The molecule has 0 saturated heterocycles. The lowest BCUT2D eigenvalue weighted by Crippen LogP contribution is -2.44. The van der Waals surface area contributed by atoms with E-state index in [1.807, 2.05) is 13.8 Å². The Kier molecular flexibility index (Phi) is 6.99. The second-order valence-corrected chi connectivity index (χ2v) is 5.73. The van der Waals surface area contributed by atoms with Crippen LogP contribution in [-0.2, 0) is 4.79 Å². The second-order valence-electron chi connectivity index (χ2n) is 5.30. The number of benzene rings is 1. The molecule has 0 heterocycles. The largest absolute Gasteiger partial charge is 0.481 e. The Morgan fingerprint density at radius 2 is 1.90 bits per heavy atom. The Balaban J connectivity index is 2.53. The molecule has 1 atom stereocenters. The third-order valence-corrected chi connectivity index (χ3v) is 4.22. The molecule has 0 aromatic heterocycles. The van der Waals surface area contributed by atoms with Crippen molar-refractivity contribution in [2.75, 3.05) is 13.2 Å². The van der Waals surface area contributed by atoms with Crippen molar-refractivity contribution in [3.63, 3.8) is 0 Å². The molecule has 0 saturated carbocycles. The summed E-state index contributed by atoms with van der Waals surface area (Å²) in [5.74, 6) is 0.408. The monoisotopic (exact) mass is 313 g/mol. The van der Waals surface area contributed by atoms with E-state index in [2.05, 4.69) is 5.32 Å². The molecule has 0 aliphatic carbocycles. The molecule has 1 amide bonds. The van der Waals surface area contributed by atoms with Crippen molar-refractivity contribution < 1.29 is 14.6 Å². The number of rotatable bonds is 8. The second kappa shape index (κ2) is 8.25. The van der Waals surface area contributed by atoms with Gasteiger partial charge in [0.2, 0.25) is 0 Å². The summed E-state index contributed by atoms with van der Waals surface area (Å²) in [6.07, 6.45) is 1.02. The SMILES string of the molecule is CCC(CC)(CO)CNC(=O)C(C)Oc1ccc(Cl)cc1. The number of aliphatic hydroxyl groups is 1. The predicted molar refractivity (Wildman–Crippen MR) is 84.7 cm³/mol. The fraction of sp³-hybridized carbons (Fsp3) is 0.562. The van der Waals surface area contributed by atoms with Crippen molar-refractivity contribution in [2.45, 2.75) is 39.7 Å². The van der Waals surface area contributed by atoms with Crippen LogP contribution in [0.25, 0.3) is 0 Å². The van der Waals surface area contributed by atoms with E-state index in [1.165, 1.54) is 0 Å². The molecule has 0 aliphatic rings. The fourth-order valence-corrected chi connectivity index (χ4v) is 2.09. The number of ether oxygens (including phenoxy) is 1. The summed E-state index contributed by atoms with van der Waals surface area (Å²) >= 11 is 5.80. The van der Waals surface area contributed by atoms with Gasteiger partial charge in [0, 0.05) is 17.0 Å². The van der Waals surface area contributed by atoms with E-state index >= 15 is 0 Å². The molecule has 1 rings (SSSR count). The maximum atomic E-state index is 12.1. The Hall–Kier alpha value is -1.26. The molecule has 0 fully saturated rings. The molecule has 1 aromatic rings. The minimum absolute atomic E-state index is 0.0622. The van der Waals surface area contributed by atoms with Crippen molar-refractivity contribution in [3.05, 3.63) is 29.3 Å². The number of carbonyl (C=O) groups excluding carboxylic acids is 1. The van der Waals surface area contributed by atoms with E-state index in [9.17, 15) is 9.90 Å². The summed E-state index contributed by atoms with van der Waals surface area (Å²) in [5, 5.41) is 13.0. The highest BCUT2D eigenvalue weighted by Gasteiger charge is 2.27. The lowest BCUT2D eigenvalue weighted by Gasteiger charge is -2.30. The van der Waals surface area contributed by atoms with Gasteiger partial charge in [-0.05, 0) is 44.0 Å². The quantitative estimate of drug-likeness (QED) is 0.775. The molecule has 0 bridgehead atoms. The first-order valence-electron chi connectivity index (χ1n) is 7.27. The maximum Gasteiger partial charge on any atom is 0.260 e. The summed E-state index contributed by atoms with van der Waals surface area (Å²) < 4.78 is 5.56. The average molecular weight is 314 g/mol. The minimum Gasteiger partial charge on any atom is -0.481 e. The summed E-state index contributed by atoms with van der Waals surface area (Å²) in [5.41, 5.74) is -0.254. The Labute approximate surface area is 131 Å². The number of aliphatic hydroxyl groups excluding tert-OH is 1. The molecule has 4 nitrogen and oxygen atoms in total. The van der Waals surface area contributed by atoms with E-state index in [0.29, 0.717) is 17.3 Å². The molecule has 0 radical (unpaired) electrons. The highest BCUT2D eigenvalue weighted by Crippen LogP contribution is 2.24. The Morgan fingerprint density at radius 3 is 2.38 bits per heavy atom. The van der Waals surface area contributed by atoms with Crippen LogP contribution in [-0.4, -0.2) is 30.3 Å². The molecule has 21 heavy (non-hydrogen) atoms. The summed E-state index contributed by atoms with van der Waals surface area (Å²) in [6.45, 7) is 6.23. The number of hydrogen-bond acceptors (Lipinski definition) is 3. The van der Waals surface area contributed by atoms with Crippen molar-refractivity contribution in [1.82, 2.24) is 5.32 Å². The lowest BCUT2D eigenvalue weighted by molar-refractivity contribution is -0.128. The van der Waals surface area contributed by atoms with E-state index in [1.54, 1.807) is 31.2 Å². The highest BCUT2D eigenvalue weighted by molar-refractivity contribution is 6.30. The zero-order valence-electron chi connectivity index (χ0n) is 12.9. The zero-order chi connectivity index (χ0) is 15.9. The van der Waals surface area contributed by atoms with Crippen LogP contribution in [0.2, 0.25) is 5.02 Å². The molecule has 0 spiro atoms. The van der Waals surface area contributed by atoms with Crippen LogP contribution in [0.1, 0.15) is 33.6 Å². The third-order valence-electron chi connectivity index (χ3n) is 3.97. The van der Waals surface area contributed by atoms with Gasteiger partial charge in [0.15, 0.2) is 6.10 Å². The number of halogens is 1. The van der Waals surface area contributed by atoms with Crippen LogP contribution < -0.4 is 10.1 Å². The number of amides is 1. The van der Waals surface area contributed by atoms with E-state index in [-0.39, 0.29) is 17.9 Å². The van der Waals surface area contributed by atoms with Gasteiger partial charge in [-0.15, -0.1) is 0 Å². The van der Waals surface area contributed by atoms with Gasteiger partial charge >= 0.3 is 0 Å². The van der Waals surface area contributed by atoms with Gasteiger partial charge in [-0.3, -0.25) is 4.79 Å². The normalized spacial score (nSPS) is 12.8. The Morgan fingerprint density at radius 1 is 1.33 bits per heavy atom. The van der Waals surface area contributed by atoms with Gasteiger partial charge in [-0.1, -0.05) is 25.4 Å². The molecule has 1 aromatic carbocycles. The first kappa shape index (κ1) is 17.8. The molecular weight excluding hydrogens is 290 g/mol. The van der Waals surface area contributed by atoms with Crippen LogP contribution >= 0.6 is 11.6 Å². The maximum absolute atomic E-state index is 12.1. The third kappa shape index (κ3) is 5.21. The van der Waals surface area contributed by atoms with Crippen LogP contribution in [0.4, 0.5) is 0 Å². The molecule has 118 valence electrons. The first-order valence-corrected chi connectivity index (χ1v) is 7.65. The van der Waals surface area contributed by atoms with Gasteiger partial charge in [0.1, 0.15) is 5.75 Å². The molecule has 2 N–H and O–H groups in total. The fourth-order valence-electron chi connectivity index (χ4n) is 1.97. The van der Waals surface area contributed by atoms with E-state index < -0.39 is 6.10 Å².